The lowest BCUT2D eigenvalue weighted by molar-refractivity contribution is -0.123. The first kappa shape index (κ1) is 17.0. The lowest BCUT2D eigenvalue weighted by Crippen LogP contribution is -2.40. The molecule has 0 aliphatic carbocycles. The summed E-state index contributed by atoms with van der Waals surface area (Å²) in [6, 6.07) is 3.36. The predicted molar refractivity (Wildman–Crippen MR) is 74.0 cm³/mol. The van der Waals surface area contributed by atoms with Crippen molar-refractivity contribution in [1.82, 2.24) is 10.6 Å². The first-order valence-corrected chi connectivity index (χ1v) is 7.18. The third-order valence-corrected chi connectivity index (χ3v) is 3.61. The summed E-state index contributed by atoms with van der Waals surface area (Å²) < 4.78 is 55.7. The molecule has 9 heteroatoms. The molecule has 2 N–H and O–H groups in total. The zero-order valence-electron chi connectivity index (χ0n) is 11.2. The van der Waals surface area contributed by atoms with E-state index < -0.39 is 37.4 Å². The van der Waals surface area contributed by atoms with Crippen LogP contribution in [0.25, 0.3) is 0 Å². The number of hydrogen-bond acceptors (Lipinski definition) is 3. The van der Waals surface area contributed by atoms with E-state index in [1.807, 2.05) is 0 Å². The van der Waals surface area contributed by atoms with Gasteiger partial charge in [-0.05, 0) is 18.2 Å². The highest BCUT2D eigenvalue weighted by Gasteiger charge is 2.42. The number of amides is 1. The molecular formula is C13H13BrF4N2O2. The monoisotopic (exact) mass is 384 g/mol. The summed E-state index contributed by atoms with van der Waals surface area (Å²) in [5.74, 6) is -3.61. The number of rotatable bonds is 5. The molecule has 1 unspecified atom stereocenters. The van der Waals surface area contributed by atoms with Crippen molar-refractivity contribution in [3.63, 3.8) is 0 Å². The second-order valence-corrected chi connectivity index (χ2v) is 5.76. The van der Waals surface area contributed by atoms with E-state index >= 15 is 0 Å². The maximum Gasteiger partial charge on any atom is 0.387 e. The van der Waals surface area contributed by atoms with Crippen LogP contribution in [0.5, 0.6) is 5.75 Å². The summed E-state index contributed by atoms with van der Waals surface area (Å²) in [5, 5.41) is 4.86. The van der Waals surface area contributed by atoms with Gasteiger partial charge in [0.25, 0.3) is 5.92 Å². The summed E-state index contributed by atoms with van der Waals surface area (Å²) >= 11 is 3.18. The molecule has 1 aliphatic rings. The third kappa shape index (κ3) is 4.57. The Kier molecular flexibility index (Phi) is 5.28. The summed E-state index contributed by atoms with van der Waals surface area (Å²) in [4.78, 5) is 11.8. The van der Waals surface area contributed by atoms with Gasteiger partial charge in [-0.25, -0.2) is 8.78 Å². The Balaban J connectivity index is 1.99. The Bertz CT molecular complexity index is 557. The largest absolute Gasteiger partial charge is 0.434 e. The van der Waals surface area contributed by atoms with Crippen LogP contribution in [-0.4, -0.2) is 31.0 Å². The average Bonchev–Trinajstić information content (AvgIpc) is 2.78. The molecule has 0 spiro atoms. The topological polar surface area (TPSA) is 50.4 Å². The minimum Gasteiger partial charge on any atom is -0.434 e. The molecule has 1 aromatic carbocycles. The lowest BCUT2D eigenvalue weighted by atomic mass is 10.1. The van der Waals surface area contributed by atoms with Crippen molar-refractivity contribution >= 4 is 21.8 Å². The van der Waals surface area contributed by atoms with Gasteiger partial charge in [0.1, 0.15) is 5.75 Å². The first-order valence-electron chi connectivity index (χ1n) is 6.39. The molecule has 1 amide bonds. The average molecular weight is 385 g/mol. The van der Waals surface area contributed by atoms with Gasteiger partial charge >= 0.3 is 6.61 Å². The molecule has 1 aromatic rings. The summed E-state index contributed by atoms with van der Waals surface area (Å²) in [7, 11) is 0. The molecule has 0 saturated carbocycles. The Morgan fingerprint density at radius 2 is 2.23 bits per heavy atom. The molecule has 1 heterocycles. The zero-order valence-corrected chi connectivity index (χ0v) is 12.8. The van der Waals surface area contributed by atoms with E-state index in [2.05, 4.69) is 31.3 Å². The maximum atomic E-state index is 13.0. The van der Waals surface area contributed by atoms with E-state index in [4.69, 9.17) is 0 Å². The van der Waals surface area contributed by atoms with Crippen molar-refractivity contribution in [3.05, 3.63) is 28.2 Å². The zero-order chi connectivity index (χ0) is 16.3. The number of alkyl halides is 4. The molecule has 4 nitrogen and oxygen atoms in total. The van der Waals surface area contributed by atoms with Crippen molar-refractivity contribution in [2.24, 2.45) is 0 Å². The highest BCUT2D eigenvalue weighted by atomic mass is 79.9. The fourth-order valence-electron chi connectivity index (χ4n) is 2.10. The van der Waals surface area contributed by atoms with Crippen molar-refractivity contribution in [1.29, 1.82) is 0 Å². The van der Waals surface area contributed by atoms with Gasteiger partial charge in [-0.15, -0.1) is 0 Å². The molecular weight excluding hydrogens is 372 g/mol. The van der Waals surface area contributed by atoms with Crippen LogP contribution >= 0.6 is 15.9 Å². The van der Waals surface area contributed by atoms with Gasteiger partial charge in [0.2, 0.25) is 5.91 Å². The van der Waals surface area contributed by atoms with Gasteiger partial charge in [-0.2, -0.15) is 8.78 Å². The van der Waals surface area contributed by atoms with Crippen molar-refractivity contribution in [3.8, 4) is 5.75 Å². The number of carbonyl (C=O) groups is 1. The van der Waals surface area contributed by atoms with E-state index in [1.54, 1.807) is 0 Å². The molecule has 22 heavy (non-hydrogen) atoms. The van der Waals surface area contributed by atoms with E-state index in [-0.39, 0.29) is 12.3 Å². The van der Waals surface area contributed by atoms with Crippen LogP contribution in [-0.2, 0) is 11.3 Å². The summed E-state index contributed by atoms with van der Waals surface area (Å²) in [6.45, 7) is -3.66. The predicted octanol–water partition coefficient (Wildman–Crippen LogP) is 2.66. The van der Waals surface area contributed by atoms with Gasteiger partial charge in [0, 0.05) is 23.0 Å². The van der Waals surface area contributed by atoms with Crippen LogP contribution in [0.2, 0.25) is 0 Å². The first-order chi connectivity index (χ1) is 10.3. The second-order valence-electron chi connectivity index (χ2n) is 4.84. The Hall–Kier alpha value is -1.35. The smallest absolute Gasteiger partial charge is 0.387 e. The van der Waals surface area contributed by atoms with Crippen LogP contribution in [0.15, 0.2) is 22.7 Å². The fourth-order valence-corrected chi connectivity index (χ4v) is 2.51. The van der Waals surface area contributed by atoms with Gasteiger partial charge in [-0.3, -0.25) is 10.1 Å². The standard InChI is InChI=1S/C13H13BrF4N2O2/c14-8-1-2-10(22-12(15)16)7(3-8)5-19-11(21)9-4-13(17,18)6-20-9/h1-3,9,12,20H,4-6H2,(H,19,21). The molecule has 0 radical (unpaired) electrons. The SMILES string of the molecule is O=C(NCc1cc(Br)ccc1OC(F)F)C1CC(F)(F)CN1. The molecule has 0 bridgehead atoms. The lowest BCUT2D eigenvalue weighted by Gasteiger charge is -2.14. The highest BCUT2D eigenvalue weighted by molar-refractivity contribution is 9.10. The van der Waals surface area contributed by atoms with Crippen molar-refractivity contribution in [2.45, 2.75) is 31.5 Å². The third-order valence-electron chi connectivity index (χ3n) is 3.12. The maximum absolute atomic E-state index is 13.0. The molecule has 1 aliphatic heterocycles. The van der Waals surface area contributed by atoms with Crippen LogP contribution in [0, 0.1) is 0 Å². The van der Waals surface area contributed by atoms with Crippen LogP contribution in [0.3, 0.4) is 0 Å². The number of hydrogen-bond donors (Lipinski definition) is 2. The van der Waals surface area contributed by atoms with E-state index in [0.29, 0.717) is 10.0 Å². The van der Waals surface area contributed by atoms with E-state index in [1.165, 1.54) is 18.2 Å². The number of halogens is 5. The molecule has 122 valence electrons. The molecule has 2 rings (SSSR count). The second kappa shape index (κ2) is 6.82. The minimum atomic E-state index is -2.99. The minimum absolute atomic E-state index is 0.0804. The van der Waals surface area contributed by atoms with Crippen molar-refractivity contribution < 1.29 is 27.1 Å². The van der Waals surface area contributed by atoms with Crippen molar-refractivity contribution in [2.75, 3.05) is 6.54 Å². The highest BCUT2D eigenvalue weighted by Crippen LogP contribution is 2.26. The number of carbonyl (C=O) groups excluding carboxylic acids is 1. The van der Waals surface area contributed by atoms with Crippen LogP contribution < -0.4 is 15.4 Å². The van der Waals surface area contributed by atoms with Gasteiger partial charge < -0.3 is 10.1 Å². The normalized spacial score (nSPS) is 20.2. The van der Waals surface area contributed by atoms with Gasteiger partial charge in [0.05, 0.1) is 12.6 Å². The quantitative estimate of drug-likeness (QED) is 0.767. The summed E-state index contributed by atoms with van der Waals surface area (Å²) in [5.41, 5.74) is 0.313. The van der Waals surface area contributed by atoms with Crippen LogP contribution in [0.4, 0.5) is 17.6 Å². The Morgan fingerprint density at radius 3 is 2.82 bits per heavy atom. The molecule has 0 aromatic heterocycles. The van der Waals surface area contributed by atoms with Crippen LogP contribution in [0.1, 0.15) is 12.0 Å². The number of nitrogens with one attached hydrogen (secondary N) is 2. The van der Waals surface area contributed by atoms with Gasteiger partial charge in [-0.1, -0.05) is 15.9 Å². The molecule has 1 fully saturated rings. The number of ether oxygens (including phenoxy) is 1. The fraction of sp³-hybridized carbons (Fsp3) is 0.462. The number of benzene rings is 1. The molecule has 1 saturated heterocycles. The Labute approximate surface area is 132 Å². The Morgan fingerprint density at radius 1 is 1.50 bits per heavy atom. The van der Waals surface area contributed by atoms with E-state index in [0.717, 1.165) is 0 Å². The van der Waals surface area contributed by atoms with E-state index in [9.17, 15) is 22.4 Å². The van der Waals surface area contributed by atoms with Gasteiger partial charge in [0.15, 0.2) is 0 Å². The molecule has 1 atom stereocenters. The summed E-state index contributed by atoms with van der Waals surface area (Å²) in [6.07, 6.45) is -0.586.